The molecule has 1 rings (SSSR count). The van der Waals surface area contributed by atoms with Gasteiger partial charge in [-0.25, -0.2) is 0 Å². The molecule has 0 heterocycles. The molecular weight excluding hydrogens is 296 g/mol. The van der Waals surface area contributed by atoms with Gasteiger partial charge in [0.05, 0.1) is 0 Å². The van der Waals surface area contributed by atoms with Crippen molar-refractivity contribution < 1.29 is 10.2 Å². The predicted octanol–water partition coefficient (Wildman–Crippen LogP) is 5.54. The highest BCUT2D eigenvalue weighted by molar-refractivity contribution is 5.44. The van der Waals surface area contributed by atoms with Crippen molar-refractivity contribution in [2.45, 2.75) is 53.4 Å². The summed E-state index contributed by atoms with van der Waals surface area (Å²) in [4.78, 5) is 0. The molecule has 2 heteroatoms. The summed E-state index contributed by atoms with van der Waals surface area (Å²) in [7, 11) is 0. The second kappa shape index (κ2) is 8.89. The molecule has 0 aliphatic carbocycles. The zero-order valence-electron chi connectivity index (χ0n) is 15.8. The van der Waals surface area contributed by atoms with Gasteiger partial charge in [-0.1, -0.05) is 45.2 Å². The highest BCUT2D eigenvalue weighted by Gasteiger charge is 2.17. The molecule has 0 aliphatic heterocycles. The van der Waals surface area contributed by atoms with E-state index in [0.29, 0.717) is 0 Å². The lowest BCUT2D eigenvalue weighted by molar-refractivity contribution is 0.237. The van der Waals surface area contributed by atoms with E-state index < -0.39 is 0 Å². The van der Waals surface area contributed by atoms with Gasteiger partial charge in [0.2, 0.25) is 0 Å². The van der Waals surface area contributed by atoms with Crippen molar-refractivity contribution in [1.29, 1.82) is 0 Å². The quantitative estimate of drug-likeness (QED) is 0.486. The van der Waals surface area contributed by atoms with Crippen molar-refractivity contribution in [2.75, 3.05) is 6.61 Å². The summed E-state index contributed by atoms with van der Waals surface area (Å²) in [5.41, 5.74) is 6.79. The molecule has 2 unspecified atom stereocenters. The Hall–Kier alpha value is -1.80. The fourth-order valence-electron chi connectivity index (χ4n) is 3.14. The molecule has 0 radical (unpaired) electrons. The van der Waals surface area contributed by atoms with E-state index in [9.17, 15) is 10.2 Å². The molecule has 0 spiro atoms. The second-order valence-electron chi connectivity index (χ2n) is 6.98. The molecule has 0 aliphatic rings. The van der Waals surface area contributed by atoms with Crippen molar-refractivity contribution >= 4 is 0 Å². The van der Waals surface area contributed by atoms with Gasteiger partial charge < -0.3 is 10.2 Å². The normalized spacial score (nSPS) is 14.3. The molecule has 2 atom stereocenters. The van der Waals surface area contributed by atoms with Crippen LogP contribution < -0.4 is 0 Å². The fourth-order valence-corrected chi connectivity index (χ4v) is 3.14. The van der Waals surface area contributed by atoms with Crippen LogP contribution in [0.25, 0.3) is 0 Å². The van der Waals surface area contributed by atoms with E-state index in [1.54, 1.807) is 0 Å². The van der Waals surface area contributed by atoms with Crippen molar-refractivity contribution in [3.8, 4) is 0 Å². The first-order valence-corrected chi connectivity index (χ1v) is 8.64. The fraction of sp³-hybridized carbons (Fsp3) is 0.455. The minimum absolute atomic E-state index is 0.0731. The largest absolute Gasteiger partial charge is 0.508 e. The van der Waals surface area contributed by atoms with Crippen molar-refractivity contribution in [2.24, 2.45) is 5.92 Å². The van der Waals surface area contributed by atoms with Crippen molar-refractivity contribution in [3.63, 3.8) is 0 Å². The molecule has 0 amide bonds. The molecule has 2 N–H and O–H groups in total. The van der Waals surface area contributed by atoms with Crippen LogP contribution in [-0.4, -0.2) is 16.8 Å². The zero-order valence-corrected chi connectivity index (χ0v) is 15.8. The number of rotatable bonds is 8. The first-order valence-electron chi connectivity index (χ1n) is 8.64. The molecule has 0 saturated heterocycles. The maximum atomic E-state index is 9.70. The summed E-state index contributed by atoms with van der Waals surface area (Å²) in [6, 6.07) is 4.51. The first kappa shape index (κ1) is 20.2. The van der Waals surface area contributed by atoms with Crippen LogP contribution in [0.4, 0.5) is 0 Å². The lowest BCUT2D eigenvalue weighted by atomic mass is 9.84. The van der Waals surface area contributed by atoms with Crippen LogP contribution in [0.2, 0.25) is 0 Å². The number of allylic oxidation sites excluding steroid dienone is 2. The van der Waals surface area contributed by atoms with Gasteiger partial charge in [0.15, 0.2) is 0 Å². The van der Waals surface area contributed by atoms with Gasteiger partial charge in [-0.2, -0.15) is 0 Å². The van der Waals surface area contributed by atoms with E-state index in [1.807, 2.05) is 13.0 Å². The number of hydrogen-bond acceptors (Lipinski definition) is 2. The molecular formula is C22H32O2. The van der Waals surface area contributed by atoms with E-state index >= 15 is 0 Å². The van der Waals surface area contributed by atoms with Crippen molar-refractivity contribution in [3.05, 3.63) is 70.5 Å². The molecule has 1 aromatic rings. The summed E-state index contributed by atoms with van der Waals surface area (Å²) >= 11 is 0. The SMILES string of the molecule is C=C(O)/C(=C/C)C(=C)CC(C)c1cc(C)c(C)cc1CC(C)CO. The molecule has 2 nitrogen and oxygen atoms in total. The summed E-state index contributed by atoms with van der Waals surface area (Å²) in [6.45, 7) is 18.3. The summed E-state index contributed by atoms with van der Waals surface area (Å²) in [5, 5.41) is 19.1. The number of aryl methyl sites for hydroxylation is 2. The summed E-state index contributed by atoms with van der Waals surface area (Å²) in [6.07, 6.45) is 3.49. The highest BCUT2D eigenvalue weighted by atomic mass is 16.3. The van der Waals surface area contributed by atoms with Gasteiger partial charge in [-0.05, 0) is 73.3 Å². The molecule has 132 valence electrons. The van der Waals surface area contributed by atoms with Gasteiger partial charge in [0, 0.05) is 12.2 Å². The highest BCUT2D eigenvalue weighted by Crippen LogP contribution is 2.32. The maximum Gasteiger partial charge on any atom is 0.115 e. The Morgan fingerprint density at radius 3 is 2.25 bits per heavy atom. The van der Waals surface area contributed by atoms with Crippen LogP contribution in [0.1, 0.15) is 55.4 Å². The second-order valence-corrected chi connectivity index (χ2v) is 6.98. The van der Waals surface area contributed by atoms with Crippen LogP contribution in [0.15, 0.2) is 48.3 Å². The Bertz CT molecular complexity index is 638. The third-order valence-corrected chi connectivity index (χ3v) is 4.70. The summed E-state index contributed by atoms with van der Waals surface area (Å²) < 4.78 is 0. The third-order valence-electron chi connectivity index (χ3n) is 4.70. The number of hydrogen-bond donors (Lipinski definition) is 2. The standard InChI is InChI=1S/C22H32O2/c1-8-21(19(7)24)17(5)10-18(6)22-12-16(4)15(3)11-20(22)9-14(2)13-23/h8,11-12,14,18,23-24H,5,7,9-10,13H2,1-4,6H3/b21-8+. The maximum absolute atomic E-state index is 9.70. The molecule has 1 aromatic carbocycles. The monoisotopic (exact) mass is 328 g/mol. The smallest absolute Gasteiger partial charge is 0.115 e. The average Bonchev–Trinajstić information content (AvgIpc) is 2.50. The van der Waals surface area contributed by atoms with E-state index in [-0.39, 0.29) is 24.2 Å². The number of aliphatic hydroxyl groups excluding tert-OH is 2. The van der Waals surface area contributed by atoms with E-state index in [4.69, 9.17) is 0 Å². The Morgan fingerprint density at radius 2 is 1.75 bits per heavy atom. The van der Waals surface area contributed by atoms with Gasteiger partial charge in [-0.3, -0.25) is 0 Å². The molecule has 0 bridgehead atoms. The third kappa shape index (κ3) is 5.10. The van der Waals surface area contributed by atoms with Crippen molar-refractivity contribution in [1.82, 2.24) is 0 Å². The Kier molecular flexibility index (Phi) is 7.50. The van der Waals surface area contributed by atoms with Crippen LogP contribution in [-0.2, 0) is 6.42 Å². The van der Waals surface area contributed by atoms with Crippen LogP contribution >= 0.6 is 0 Å². The van der Waals surface area contributed by atoms with Gasteiger partial charge >= 0.3 is 0 Å². The van der Waals surface area contributed by atoms with Gasteiger partial charge in [-0.15, -0.1) is 0 Å². The van der Waals surface area contributed by atoms with Crippen LogP contribution in [0.5, 0.6) is 0 Å². The average molecular weight is 328 g/mol. The topological polar surface area (TPSA) is 40.5 Å². The Morgan fingerprint density at radius 1 is 1.17 bits per heavy atom. The van der Waals surface area contributed by atoms with E-state index in [1.165, 1.54) is 22.3 Å². The Labute approximate surface area is 147 Å². The summed E-state index contributed by atoms with van der Waals surface area (Å²) in [5.74, 6) is 0.598. The van der Waals surface area contributed by atoms with E-state index in [2.05, 4.69) is 53.0 Å². The first-order chi connectivity index (χ1) is 11.2. The van der Waals surface area contributed by atoms with Gasteiger partial charge in [0.25, 0.3) is 0 Å². The van der Waals surface area contributed by atoms with E-state index in [0.717, 1.165) is 24.0 Å². The lowest BCUT2D eigenvalue weighted by Gasteiger charge is -2.22. The number of benzene rings is 1. The Balaban J connectivity index is 3.12. The lowest BCUT2D eigenvalue weighted by Crippen LogP contribution is -2.10. The number of aliphatic hydroxyl groups is 2. The van der Waals surface area contributed by atoms with Crippen LogP contribution in [0, 0.1) is 19.8 Å². The molecule has 0 aromatic heterocycles. The van der Waals surface area contributed by atoms with Gasteiger partial charge in [0.1, 0.15) is 5.76 Å². The molecule has 0 fully saturated rings. The zero-order chi connectivity index (χ0) is 18.4. The molecule has 24 heavy (non-hydrogen) atoms. The minimum Gasteiger partial charge on any atom is -0.508 e. The van der Waals surface area contributed by atoms with Crippen LogP contribution in [0.3, 0.4) is 0 Å². The minimum atomic E-state index is 0.0731. The molecule has 0 saturated carbocycles. The predicted molar refractivity (Wildman–Crippen MR) is 104 cm³/mol.